The predicted molar refractivity (Wildman–Crippen MR) is 125 cm³/mol. The quantitative estimate of drug-likeness (QED) is 0.351. The summed E-state index contributed by atoms with van der Waals surface area (Å²) in [4.78, 5) is 9.21. The zero-order chi connectivity index (χ0) is 22.7. The molecule has 1 aromatic carbocycles. The van der Waals surface area contributed by atoms with Crippen LogP contribution in [0.4, 0.5) is 0 Å². The lowest BCUT2D eigenvalue weighted by Gasteiger charge is -2.18. The van der Waals surface area contributed by atoms with E-state index in [1.165, 1.54) is 0 Å². The Morgan fingerprint density at radius 2 is 1.97 bits per heavy atom. The fraction of sp³-hybridized carbons (Fsp3) is 0.261. The Labute approximate surface area is 189 Å². The van der Waals surface area contributed by atoms with Crippen LogP contribution in [-0.4, -0.2) is 40.8 Å². The number of nitrogens with one attached hydrogen (secondary N) is 1. The number of hydrogen-bond acceptors (Lipinski definition) is 7. The maximum absolute atomic E-state index is 11.7. The van der Waals surface area contributed by atoms with E-state index in [2.05, 4.69) is 21.7 Å². The van der Waals surface area contributed by atoms with E-state index in [-0.39, 0.29) is 18.4 Å². The van der Waals surface area contributed by atoms with Crippen molar-refractivity contribution in [2.75, 3.05) is 6.26 Å². The van der Waals surface area contributed by atoms with Crippen LogP contribution in [0.2, 0.25) is 0 Å². The van der Waals surface area contributed by atoms with E-state index in [1.807, 2.05) is 24.3 Å². The van der Waals surface area contributed by atoms with Gasteiger partial charge < -0.3 is 14.8 Å². The van der Waals surface area contributed by atoms with Crippen LogP contribution in [0.3, 0.4) is 0 Å². The van der Waals surface area contributed by atoms with Crippen molar-refractivity contribution in [3.8, 4) is 22.8 Å². The van der Waals surface area contributed by atoms with Crippen LogP contribution in [0.1, 0.15) is 37.2 Å². The summed E-state index contributed by atoms with van der Waals surface area (Å²) in [7, 11) is 0. The highest BCUT2D eigenvalue weighted by molar-refractivity contribution is 7.88. The van der Waals surface area contributed by atoms with Crippen molar-refractivity contribution in [2.24, 2.45) is 0 Å². The molecule has 0 unspecified atom stereocenters. The zero-order valence-electron chi connectivity index (χ0n) is 17.9. The van der Waals surface area contributed by atoms with Crippen molar-refractivity contribution in [1.29, 1.82) is 0 Å². The van der Waals surface area contributed by atoms with Crippen molar-refractivity contribution in [3.05, 3.63) is 66.1 Å². The van der Waals surface area contributed by atoms with Crippen molar-refractivity contribution < 1.29 is 14.8 Å². The highest BCUT2D eigenvalue weighted by Crippen LogP contribution is 2.32. The molecule has 4 rings (SSSR count). The summed E-state index contributed by atoms with van der Waals surface area (Å²) in [6.45, 7) is 1.90. The van der Waals surface area contributed by atoms with Gasteiger partial charge in [0.1, 0.15) is 12.0 Å². The summed E-state index contributed by atoms with van der Waals surface area (Å²) in [5.74, 6) is 0.634. The fourth-order valence-electron chi connectivity index (χ4n) is 3.67. The summed E-state index contributed by atoms with van der Waals surface area (Å²) in [6.07, 6.45) is 4.93. The number of benzene rings is 1. The number of phenolic OH excluding ortho intramolecular Hbond substituents is 1. The molecule has 3 aromatic heterocycles. The Bertz CT molecular complexity index is 1230. The van der Waals surface area contributed by atoms with E-state index < -0.39 is 11.4 Å². The first-order valence-corrected chi connectivity index (χ1v) is 11.9. The molecule has 0 aliphatic carbocycles. The van der Waals surface area contributed by atoms with Gasteiger partial charge in [-0.15, -0.1) is 4.72 Å². The van der Waals surface area contributed by atoms with Crippen LogP contribution >= 0.6 is 0 Å². The summed E-state index contributed by atoms with van der Waals surface area (Å²) in [5.41, 5.74) is 3.42. The molecule has 0 spiro atoms. The number of fused-ring (bicyclic) bond motifs is 1. The topological polar surface area (TPSA) is 119 Å². The summed E-state index contributed by atoms with van der Waals surface area (Å²) >= 11 is -1.16. The molecule has 2 atom stereocenters. The second-order valence-corrected chi connectivity index (χ2v) is 8.63. The summed E-state index contributed by atoms with van der Waals surface area (Å²) in [5, 5.41) is 25.0. The van der Waals surface area contributed by atoms with Gasteiger partial charge in [-0.2, -0.15) is 5.10 Å². The van der Waals surface area contributed by atoms with Crippen LogP contribution in [0, 0.1) is 0 Å². The molecule has 9 heteroatoms. The van der Waals surface area contributed by atoms with Crippen LogP contribution in [0.15, 0.2) is 54.7 Å². The maximum atomic E-state index is 11.7. The molecule has 0 radical (unpaired) electrons. The average molecular weight is 452 g/mol. The minimum absolute atomic E-state index is 0.0900. The summed E-state index contributed by atoms with van der Waals surface area (Å²) < 4.78 is 16.4. The highest BCUT2D eigenvalue weighted by Gasteiger charge is 2.18. The van der Waals surface area contributed by atoms with Crippen molar-refractivity contribution in [2.45, 2.75) is 32.4 Å². The normalized spacial score (nSPS) is 13.4. The Balaban J connectivity index is 1.78. The lowest BCUT2D eigenvalue weighted by molar-refractivity contribution is 0.276. The van der Waals surface area contributed by atoms with Gasteiger partial charge >= 0.3 is 0 Å². The third-order valence-electron chi connectivity index (χ3n) is 5.15. The largest absolute Gasteiger partial charge is 0.598 e. The molecule has 3 heterocycles. The molecule has 32 heavy (non-hydrogen) atoms. The average Bonchev–Trinajstić information content (AvgIpc) is 3.23. The van der Waals surface area contributed by atoms with Gasteiger partial charge in [0.15, 0.2) is 5.82 Å². The minimum Gasteiger partial charge on any atom is -0.598 e. The molecule has 0 saturated heterocycles. The van der Waals surface area contributed by atoms with E-state index in [1.54, 1.807) is 41.4 Å². The molecular formula is C23H25N5O3S. The van der Waals surface area contributed by atoms with Gasteiger partial charge in [0, 0.05) is 16.9 Å². The second kappa shape index (κ2) is 9.66. The summed E-state index contributed by atoms with van der Waals surface area (Å²) in [6, 6.07) is 14.5. The van der Waals surface area contributed by atoms with Crippen molar-refractivity contribution in [3.63, 3.8) is 0 Å². The Morgan fingerprint density at radius 1 is 1.16 bits per heavy atom. The van der Waals surface area contributed by atoms with Gasteiger partial charge in [0.2, 0.25) is 0 Å². The monoisotopic (exact) mass is 451 g/mol. The van der Waals surface area contributed by atoms with E-state index in [0.29, 0.717) is 28.1 Å². The number of aromatic hydroxyl groups is 1. The van der Waals surface area contributed by atoms with Gasteiger partial charge in [0.05, 0.1) is 46.8 Å². The van der Waals surface area contributed by atoms with Crippen LogP contribution in [-0.2, 0) is 18.0 Å². The fourth-order valence-corrected chi connectivity index (χ4v) is 4.31. The molecule has 8 nitrogen and oxygen atoms in total. The SMILES string of the molecule is CCC[C@H](N[S@@+](C)[O-])c1cccc(-c2cc(O)c3cnn(-c4cccc(CO)n4)c3c2)n1. The molecule has 0 fully saturated rings. The Morgan fingerprint density at radius 3 is 2.72 bits per heavy atom. The number of aliphatic hydroxyl groups is 1. The number of hydrogen-bond donors (Lipinski definition) is 3. The predicted octanol–water partition coefficient (Wildman–Crippen LogP) is 3.40. The number of nitrogens with zero attached hydrogens (tertiary/aromatic N) is 4. The molecule has 0 amide bonds. The lowest BCUT2D eigenvalue weighted by Crippen LogP contribution is -2.28. The number of aromatic nitrogens is 4. The van der Waals surface area contributed by atoms with E-state index >= 15 is 0 Å². The second-order valence-electron chi connectivity index (χ2n) is 7.49. The van der Waals surface area contributed by atoms with E-state index in [9.17, 15) is 14.8 Å². The standard InChI is InChI=1S/C23H25N5O3S/c1-3-6-20(27-32(2)31)19-9-5-8-18(26-19)15-11-21-17(22(30)12-15)13-24-28(21)23-10-4-7-16(14-29)25-23/h4-5,7-13,20,27,29-30H,3,6,14H2,1-2H3/t20-,32+/m0/s1. The molecule has 0 bridgehead atoms. The first kappa shape index (κ1) is 22.2. The number of aliphatic hydroxyl groups excluding tert-OH is 1. The molecule has 166 valence electrons. The van der Waals surface area contributed by atoms with Crippen molar-refractivity contribution in [1.82, 2.24) is 24.5 Å². The molecular weight excluding hydrogens is 426 g/mol. The van der Waals surface area contributed by atoms with Crippen LogP contribution in [0.5, 0.6) is 5.75 Å². The van der Waals surface area contributed by atoms with Gasteiger partial charge in [-0.3, -0.25) is 4.98 Å². The first-order valence-electron chi connectivity index (χ1n) is 10.3. The molecule has 4 aromatic rings. The number of rotatable bonds is 8. The zero-order valence-corrected chi connectivity index (χ0v) is 18.7. The van der Waals surface area contributed by atoms with Gasteiger partial charge in [-0.25, -0.2) is 9.67 Å². The Hall–Kier alpha value is -2.98. The van der Waals surface area contributed by atoms with Gasteiger partial charge in [0.25, 0.3) is 0 Å². The minimum atomic E-state index is -1.16. The van der Waals surface area contributed by atoms with Gasteiger partial charge in [-0.1, -0.05) is 25.5 Å². The number of phenols is 1. The van der Waals surface area contributed by atoms with E-state index in [4.69, 9.17) is 4.98 Å². The third-order valence-corrected chi connectivity index (χ3v) is 5.76. The maximum Gasteiger partial charge on any atom is 0.154 e. The lowest BCUT2D eigenvalue weighted by atomic mass is 10.1. The molecule has 3 N–H and O–H groups in total. The number of pyridine rings is 2. The van der Waals surface area contributed by atoms with Crippen LogP contribution in [0.25, 0.3) is 28.0 Å². The van der Waals surface area contributed by atoms with Gasteiger partial charge in [-0.05, 0) is 42.8 Å². The highest BCUT2D eigenvalue weighted by atomic mass is 32.2. The third kappa shape index (κ3) is 4.61. The van der Waals surface area contributed by atoms with E-state index in [0.717, 1.165) is 24.1 Å². The Kier molecular flexibility index (Phi) is 6.71. The molecule has 0 saturated carbocycles. The smallest absolute Gasteiger partial charge is 0.154 e. The molecule has 0 aliphatic heterocycles. The van der Waals surface area contributed by atoms with Crippen LogP contribution < -0.4 is 4.72 Å². The molecule has 0 aliphatic rings. The van der Waals surface area contributed by atoms with Crippen molar-refractivity contribution >= 4 is 22.3 Å². The first-order chi connectivity index (χ1) is 15.5.